The Labute approximate surface area is 142 Å². The lowest BCUT2D eigenvalue weighted by Crippen LogP contribution is -2.62. The summed E-state index contributed by atoms with van der Waals surface area (Å²) >= 11 is 0. The highest BCUT2D eigenvalue weighted by Gasteiger charge is 2.53. The lowest BCUT2D eigenvalue weighted by Gasteiger charge is -2.46. The molecule has 130 valence electrons. The van der Waals surface area contributed by atoms with E-state index in [2.05, 4.69) is 24.1 Å². The number of likely N-dealkylation sites (tertiary alicyclic amines) is 1. The molecule has 6 nitrogen and oxygen atoms in total. The van der Waals surface area contributed by atoms with Crippen molar-refractivity contribution >= 4 is 6.03 Å². The molecular formula is C18H25N3O3. The van der Waals surface area contributed by atoms with Crippen LogP contribution in [-0.4, -0.2) is 53.4 Å². The number of nitrogens with zero attached hydrogens (tertiary/aromatic N) is 2. The number of rotatable bonds is 3. The molecule has 0 aromatic carbocycles. The van der Waals surface area contributed by atoms with Gasteiger partial charge in [0.2, 0.25) is 5.88 Å². The van der Waals surface area contributed by atoms with E-state index in [-0.39, 0.29) is 23.8 Å². The van der Waals surface area contributed by atoms with Gasteiger partial charge in [-0.1, -0.05) is 6.07 Å². The van der Waals surface area contributed by atoms with E-state index in [9.17, 15) is 4.79 Å². The molecule has 3 heterocycles. The smallest absolute Gasteiger partial charge is 0.317 e. The fourth-order valence-electron chi connectivity index (χ4n) is 4.24. The summed E-state index contributed by atoms with van der Waals surface area (Å²) in [6.45, 7) is 6.37. The van der Waals surface area contributed by atoms with Gasteiger partial charge in [0.05, 0.1) is 25.3 Å². The van der Waals surface area contributed by atoms with Crippen molar-refractivity contribution in [1.29, 1.82) is 0 Å². The lowest BCUT2D eigenvalue weighted by atomic mass is 9.63. The lowest BCUT2D eigenvalue weighted by molar-refractivity contribution is 0.0146. The highest BCUT2D eigenvalue weighted by molar-refractivity contribution is 5.75. The molecule has 4 rings (SSSR count). The van der Waals surface area contributed by atoms with Crippen molar-refractivity contribution in [1.82, 2.24) is 15.2 Å². The molecule has 3 fully saturated rings. The minimum Gasteiger partial charge on any atom is -0.471 e. The first-order valence-corrected chi connectivity index (χ1v) is 8.70. The fraction of sp³-hybridized carbons (Fsp3) is 0.667. The third-order valence-corrected chi connectivity index (χ3v) is 5.32. The average molecular weight is 331 g/mol. The standard InChI is InChI=1S/C18H25N3O3/c1-17(2)11-18(12-23-17)7-13(8-18)20-16(22)21-9-14(10-21)24-15-5-3-4-6-19-15/h3-6,13-14H,7-12H2,1-2H3,(H,20,22). The Hall–Kier alpha value is -1.82. The van der Waals surface area contributed by atoms with Gasteiger partial charge in [-0.25, -0.2) is 9.78 Å². The highest BCUT2D eigenvalue weighted by atomic mass is 16.5. The average Bonchev–Trinajstić information content (AvgIpc) is 2.79. The molecule has 1 aromatic rings. The van der Waals surface area contributed by atoms with Crippen molar-refractivity contribution < 1.29 is 14.3 Å². The topological polar surface area (TPSA) is 63.7 Å². The van der Waals surface area contributed by atoms with E-state index in [1.165, 1.54) is 0 Å². The molecule has 0 radical (unpaired) electrons. The van der Waals surface area contributed by atoms with Gasteiger partial charge in [-0.15, -0.1) is 0 Å². The molecule has 1 aromatic heterocycles. The number of nitrogens with one attached hydrogen (secondary N) is 1. The summed E-state index contributed by atoms with van der Waals surface area (Å²) in [6, 6.07) is 5.89. The maximum atomic E-state index is 12.3. The summed E-state index contributed by atoms with van der Waals surface area (Å²) in [4.78, 5) is 18.2. The monoisotopic (exact) mass is 331 g/mol. The number of pyridine rings is 1. The van der Waals surface area contributed by atoms with Crippen molar-refractivity contribution in [3.63, 3.8) is 0 Å². The molecule has 1 N–H and O–H groups in total. The number of ether oxygens (including phenoxy) is 2. The summed E-state index contributed by atoms with van der Waals surface area (Å²) in [7, 11) is 0. The molecule has 1 saturated carbocycles. The number of carbonyl (C=O) groups excluding carboxylic acids is 1. The molecular weight excluding hydrogens is 306 g/mol. The van der Waals surface area contributed by atoms with Crippen molar-refractivity contribution in [2.45, 2.75) is 50.9 Å². The molecule has 1 aliphatic carbocycles. The van der Waals surface area contributed by atoms with Gasteiger partial charge in [0.25, 0.3) is 0 Å². The Morgan fingerprint density at radius 2 is 2.17 bits per heavy atom. The fourth-order valence-corrected chi connectivity index (χ4v) is 4.24. The Balaban J connectivity index is 1.18. The quantitative estimate of drug-likeness (QED) is 0.922. The van der Waals surface area contributed by atoms with Gasteiger partial charge in [0, 0.05) is 23.7 Å². The minimum atomic E-state index is -0.0114. The van der Waals surface area contributed by atoms with E-state index >= 15 is 0 Å². The van der Waals surface area contributed by atoms with E-state index in [1.807, 2.05) is 18.2 Å². The number of hydrogen-bond acceptors (Lipinski definition) is 4. The van der Waals surface area contributed by atoms with Crippen LogP contribution in [0.4, 0.5) is 4.79 Å². The van der Waals surface area contributed by atoms with Crippen LogP contribution < -0.4 is 10.1 Å². The van der Waals surface area contributed by atoms with Crippen LogP contribution >= 0.6 is 0 Å². The first-order valence-electron chi connectivity index (χ1n) is 8.70. The van der Waals surface area contributed by atoms with Crippen LogP contribution in [0.25, 0.3) is 0 Å². The van der Waals surface area contributed by atoms with Crippen molar-refractivity contribution in [3.05, 3.63) is 24.4 Å². The Morgan fingerprint density at radius 1 is 1.38 bits per heavy atom. The zero-order chi connectivity index (χ0) is 16.8. The normalized spacial score (nSPS) is 31.4. The second kappa shape index (κ2) is 5.62. The zero-order valence-corrected chi connectivity index (χ0v) is 14.3. The van der Waals surface area contributed by atoms with Crippen molar-refractivity contribution in [2.75, 3.05) is 19.7 Å². The van der Waals surface area contributed by atoms with Crippen molar-refractivity contribution in [3.8, 4) is 5.88 Å². The number of aromatic nitrogens is 1. The third kappa shape index (κ3) is 3.07. The van der Waals surface area contributed by atoms with Crippen LogP contribution in [0.3, 0.4) is 0 Å². The predicted octanol–water partition coefficient (Wildman–Crippen LogP) is 2.20. The van der Waals surface area contributed by atoms with Gasteiger partial charge in [0.1, 0.15) is 6.10 Å². The van der Waals surface area contributed by atoms with E-state index in [1.54, 1.807) is 11.1 Å². The van der Waals surface area contributed by atoms with Gasteiger partial charge in [-0.3, -0.25) is 0 Å². The number of amides is 2. The molecule has 1 spiro atoms. The molecule has 0 unspecified atom stereocenters. The van der Waals surface area contributed by atoms with Crippen LogP contribution in [0.5, 0.6) is 5.88 Å². The molecule has 2 saturated heterocycles. The number of hydrogen-bond donors (Lipinski definition) is 1. The third-order valence-electron chi connectivity index (χ3n) is 5.32. The molecule has 0 bridgehead atoms. The first-order chi connectivity index (χ1) is 11.4. The van der Waals surface area contributed by atoms with Gasteiger partial charge in [0.15, 0.2) is 0 Å². The minimum absolute atomic E-state index is 0.0114. The van der Waals surface area contributed by atoms with Crippen LogP contribution in [0.15, 0.2) is 24.4 Å². The summed E-state index contributed by atoms with van der Waals surface area (Å²) in [5, 5.41) is 3.14. The van der Waals surface area contributed by atoms with Crippen LogP contribution in [0.1, 0.15) is 33.1 Å². The molecule has 3 aliphatic rings. The molecule has 24 heavy (non-hydrogen) atoms. The van der Waals surface area contributed by atoms with Crippen molar-refractivity contribution in [2.24, 2.45) is 5.41 Å². The highest BCUT2D eigenvalue weighted by Crippen LogP contribution is 2.52. The van der Waals surface area contributed by atoms with Crippen LogP contribution in [0.2, 0.25) is 0 Å². The summed E-state index contributed by atoms with van der Waals surface area (Å²) in [5.41, 5.74) is 0.281. The largest absolute Gasteiger partial charge is 0.471 e. The summed E-state index contributed by atoms with van der Waals surface area (Å²) in [6.07, 6.45) is 4.91. The van der Waals surface area contributed by atoms with E-state index < -0.39 is 0 Å². The van der Waals surface area contributed by atoms with Gasteiger partial charge in [-0.05, 0) is 39.2 Å². The Bertz CT molecular complexity index is 607. The molecule has 0 atom stereocenters. The van der Waals surface area contributed by atoms with Gasteiger partial charge >= 0.3 is 6.03 Å². The van der Waals surface area contributed by atoms with Gasteiger partial charge in [-0.2, -0.15) is 0 Å². The van der Waals surface area contributed by atoms with E-state index in [4.69, 9.17) is 9.47 Å². The van der Waals surface area contributed by atoms with E-state index in [0.29, 0.717) is 24.4 Å². The number of urea groups is 1. The molecule has 6 heteroatoms. The van der Waals surface area contributed by atoms with Gasteiger partial charge < -0.3 is 19.7 Å². The van der Waals surface area contributed by atoms with Crippen LogP contribution in [-0.2, 0) is 4.74 Å². The van der Waals surface area contributed by atoms with Crippen LogP contribution in [0, 0.1) is 5.41 Å². The Kier molecular flexibility index (Phi) is 3.67. The zero-order valence-electron chi connectivity index (χ0n) is 14.3. The summed E-state index contributed by atoms with van der Waals surface area (Å²) < 4.78 is 11.6. The second-order valence-electron chi connectivity index (χ2n) is 8.09. The Morgan fingerprint density at radius 3 is 2.79 bits per heavy atom. The SMILES string of the molecule is CC1(C)CC2(CO1)CC(NC(=O)N1CC(Oc3ccccn3)C1)C2. The maximum Gasteiger partial charge on any atom is 0.317 e. The first kappa shape index (κ1) is 15.7. The predicted molar refractivity (Wildman–Crippen MR) is 88.9 cm³/mol. The maximum absolute atomic E-state index is 12.3. The second-order valence-corrected chi connectivity index (χ2v) is 8.09. The number of carbonyl (C=O) groups is 1. The van der Waals surface area contributed by atoms with E-state index in [0.717, 1.165) is 25.9 Å². The summed E-state index contributed by atoms with van der Waals surface area (Å²) in [5.74, 6) is 0.618. The molecule has 2 amide bonds. The molecule has 2 aliphatic heterocycles.